The Balaban J connectivity index is 1.90. The van der Waals surface area contributed by atoms with Gasteiger partial charge in [0.15, 0.2) is 0 Å². The van der Waals surface area contributed by atoms with E-state index in [1.54, 1.807) is 36.4 Å². The van der Waals surface area contributed by atoms with Gasteiger partial charge in [0.05, 0.1) is 4.92 Å². The lowest BCUT2D eigenvalue weighted by molar-refractivity contribution is -0.384. The van der Waals surface area contributed by atoms with Gasteiger partial charge in [-0.3, -0.25) is 10.1 Å². The first-order valence-corrected chi connectivity index (χ1v) is 7.02. The third-order valence-electron chi connectivity index (χ3n) is 2.70. The molecule has 0 saturated heterocycles. The minimum Gasteiger partial charge on any atom is -0.492 e. The van der Waals surface area contributed by atoms with Gasteiger partial charge in [-0.15, -0.1) is 0 Å². The van der Waals surface area contributed by atoms with Gasteiger partial charge in [0.25, 0.3) is 5.69 Å². The summed E-state index contributed by atoms with van der Waals surface area (Å²) in [4.78, 5) is 10.5. The van der Waals surface area contributed by atoms with Crippen LogP contribution in [0.4, 0.5) is 17.1 Å². The Labute approximate surface area is 130 Å². The zero-order valence-electron chi connectivity index (χ0n) is 11.1. The molecule has 0 atom stereocenters. The predicted octanol–water partition coefficient (Wildman–Crippen LogP) is 3.43. The molecule has 0 fully saturated rings. The molecule has 0 spiro atoms. The number of nitrogens with zero attached hydrogens (tertiary/aromatic N) is 1. The van der Waals surface area contributed by atoms with E-state index in [-0.39, 0.29) is 5.69 Å². The number of hydrogen-bond acceptors (Lipinski definition) is 5. The molecule has 21 heavy (non-hydrogen) atoms. The molecule has 110 valence electrons. The average molecular weight is 352 g/mol. The summed E-state index contributed by atoms with van der Waals surface area (Å²) in [5, 5.41) is 14.0. The van der Waals surface area contributed by atoms with Crippen LogP contribution in [0, 0.1) is 10.1 Å². The number of nitrogens with one attached hydrogen (secondary N) is 1. The molecule has 2 aromatic rings. The van der Waals surface area contributed by atoms with E-state index in [9.17, 15) is 10.1 Å². The van der Waals surface area contributed by atoms with Crippen molar-refractivity contribution in [1.29, 1.82) is 0 Å². The van der Waals surface area contributed by atoms with E-state index < -0.39 is 4.92 Å². The molecule has 0 aliphatic heterocycles. The van der Waals surface area contributed by atoms with Crippen molar-refractivity contribution in [2.75, 3.05) is 24.2 Å². The molecule has 0 aromatic heterocycles. The summed E-state index contributed by atoms with van der Waals surface area (Å²) >= 11 is 3.22. The zero-order chi connectivity index (χ0) is 15.2. The molecule has 0 unspecified atom stereocenters. The lowest BCUT2D eigenvalue weighted by atomic mass is 10.2. The largest absolute Gasteiger partial charge is 0.492 e. The summed E-state index contributed by atoms with van der Waals surface area (Å²) in [5.41, 5.74) is 6.75. The number of halogens is 1. The second-order valence-electron chi connectivity index (χ2n) is 4.27. The summed E-state index contributed by atoms with van der Waals surface area (Å²) < 4.78 is 6.17. The Morgan fingerprint density at radius 2 is 2.10 bits per heavy atom. The monoisotopic (exact) mass is 351 g/mol. The summed E-state index contributed by atoms with van der Waals surface area (Å²) in [6.07, 6.45) is 0. The third kappa shape index (κ3) is 4.35. The van der Waals surface area contributed by atoms with Crippen molar-refractivity contribution < 1.29 is 9.66 Å². The average Bonchev–Trinajstić information content (AvgIpc) is 2.44. The number of benzene rings is 2. The van der Waals surface area contributed by atoms with Crippen LogP contribution in [-0.2, 0) is 0 Å². The van der Waals surface area contributed by atoms with Crippen LogP contribution in [0.15, 0.2) is 46.9 Å². The van der Waals surface area contributed by atoms with Crippen LogP contribution in [0.3, 0.4) is 0 Å². The van der Waals surface area contributed by atoms with Gasteiger partial charge >= 0.3 is 0 Å². The van der Waals surface area contributed by atoms with Crippen LogP contribution in [0.2, 0.25) is 0 Å². The number of nitro groups is 1. The maximum absolute atomic E-state index is 11.0. The Morgan fingerprint density at radius 3 is 2.81 bits per heavy atom. The van der Waals surface area contributed by atoms with Crippen LogP contribution < -0.4 is 15.8 Å². The lowest BCUT2D eigenvalue weighted by Gasteiger charge is -2.09. The highest BCUT2D eigenvalue weighted by atomic mass is 79.9. The molecular weight excluding hydrogens is 338 g/mol. The van der Waals surface area contributed by atoms with E-state index in [4.69, 9.17) is 10.5 Å². The quantitative estimate of drug-likeness (QED) is 0.360. The van der Waals surface area contributed by atoms with Crippen molar-refractivity contribution in [3.8, 4) is 5.75 Å². The lowest BCUT2D eigenvalue weighted by Crippen LogP contribution is -2.12. The van der Waals surface area contributed by atoms with Crippen molar-refractivity contribution in [2.24, 2.45) is 0 Å². The van der Waals surface area contributed by atoms with Crippen molar-refractivity contribution in [3.05, 3.63) is 57.1 Å². The van der Waals surface area contributed by atoms with Gasteiger partial charge in [0.2, 0.25) is 0 Å². The molecule has 0 aliphatic carbocycles. The van der Waals surface area contributed by atoms with Crippen LogP contribution in [0.5, 0.6) is 5.75 Å². The Bertz CT molecular complexity index is 649. The first kappa shape index (κ1) is 15.1. The molecule has 0 heterocycles. The standard InChI is InChI=1S/C14H14BrN3O3/c15-10-4-5-13(14(8-10)18(19)20)17-6-7-21-12-3-1-2-11(16)9-12/h1-5,8-9,17H,6-7,16H2. The van der Waals surface area contributed by atoms with Crippen molar-refractivity contribution in [1.82, 2.24) is 0 Å². The maximum atomic E-state index is 11.0. The van der Waals surface area contributed by atoms with Crippen molar-refractivity contribution >= 4 is 33.0 Å². The number of hydrogen-bond donors (Lipinski definition) is 2. The predicted molar refractivity (Wildman–Crippen MR) is 85.6 cm³/mol. The fraction of sp³-hybridized carbons (Fsp3) is 0.143. The minimum atomic E-state index is -0.425. The van der Waals surface area contributed by atoms with E-state index in [0.717, 1.165) is 0 Å². The number of anilines is 2. The molecule has 0 amide bonds. The molecule has 0 aliphatic rings. The number of nitrogens with two attached hydrogens (primary N) is 1. The number of ether oxygens (including phenoxy) is 1. The first-order valence-electron chi connectivity index (χ1n) is 6.22. The summed E-state index contributed by atoms with van der Waals surface area (Å²) in [7, 11) is 0. The molecule has 6 nitrogen and oxygen atoms in total. The Morgan fingerprint density at radius 1 is 1.29 bits per heavy atom. The van der Waals surface area contributed by atoms with E-state index in [2.05, 4.69) is 21.2 Å². The van der Waals surface area contributed by atoms with Gasteiger partial charge in [0, 0.05) is 28.8 Å². The molecule has 7 heteroatoms. The second kappa shape index (κ2) is 6.94. The van der Waals surface area contributed by atoms with Crippen LogP contribution in [-0.4, -0.2) is 18.1 Å². The van der Waals surface area contributed by atoms with Gasteiger partial charge in [-0.05, 0) is 24.3 Å². The molecule has 2 aromatic carbocycles. The normalized spacial score (nSPS) is 10.1. The maximum Gasteiger partial charge on any atom is 0.293 e. The van der Waals surface area contributed by atoms with Crippen molar-refractivity contribution in [2.45, 2.75) is 0 Å². The molecule has 0 bridgehead atoms. The molecule has 2 rings (SSSR count). The van der Waals surface area contributed by atoms with Crippen LogP contribution in [0.1, 0.15) is 0 Å². The summed E-state index contributed by atoms with van der Waals surface area (Å²) in [5.74, 6) is 0.669. The van der Waals surface area contributed by atoms with E-state index in [1.165, 1.54) is 6.07 Å². The first-order chi connectivity index (χ1) is 10.1. The van der Waals surface area contributed by atoms with Gasteiger partial charge < -0.3 is 15.8 Å². The smallest absolute Gasteiger partial charge is 0.293 e. The molecule has 3 N–H and O–H groups in total. The van der Waals surface area contributed by atoms with Gasteiger partial charge in [-0.2, -0.15) is 0 Å². The fourth-order valence-electron chi connectivity index (χ4n) is 1.76. The minimum absolute atomic E-state index is 0.0216. The summed E-state index contributed by atoms with van der Waals surface area (Å²) in [6.45, 7) is 0.813. The van der Waals surface area contributed by atoms with Gasteiger partial charge in [-0.25, -0.2) is 0 Å². The highest BCUT2D eigenvalue weighted by Gasteiger charge is 2.13. The highest BCUT2D eigenvalue weighted by Crippen LogP contribution is 2.27. The Kier molecular flexibility index (Phi) is 4.99. The van der Waals surface area contributed by atoms with Gasteiger partial charge in [-0.1, -0.05) is 22.0 Å². The SMILES string of the molecule is Nc1cccc(OCCNc2ccc(Br)cc2[N+](=O)[O-])c1. The van der Waals surface area contributed by atoms with E-state index in [1.807, 2.05) is 0 Å². The highest BCUT2D eigenvalue weighted by molar-refractivity contribution is 9.10. The van der Waals surface area contributed by atoms with E-state index >= 15 is 0 Å². The zero-order valence-corrected chi connectivity index (χ0v) is 12.7. The number of nitrogen functional groups attached to an aromatic ring is 1. The van der Waals surface area contributed by atoms with Crippen LogP contribution in [0.25, 0.3) is 0 Å². The number of nitro benzene ring substituents is 1. The fourth-order valence-corrected chi connectivity index (χ4v) is 2.11. The van der Waals surface area contributed by atoms with Crippen molar-refractivity contribution in [3.63, 3.8) is 0 Å². The third-order valence-corrected chi connectivity index (χ3v) is 3.19. The molecular formula is C14H14BrN3O3. The Hall–Kier alpha value is -2.28. The molecule has 0 saturated carbocycles. The second-order valence-corrected chi connectivity index (χ2v) is 5.18. The topological polar surface area (TPSA) is 90.4 Å². The van der Waals surface area contributed by atoms with Gasteiger partial charge in [0.1, 0.15) is 18.0 Å². The number of rotatable bonds is 6. The summed E-state index contributed by atoms with van der Waals surface area (Å²) in [6, 6.07) is 12.0. The van der Waals surface area contributed by atoms with E-state index in [0.29, 0.717) is 34.7 Å². The van der Waals surface area contributed by atoms with Crippen LogP contribution >= 0.6 is 15.9 Å². The molecule has 0 radical (unpaired) electrons.